The number of carbonyl (C=O) groups excluding carboxylic acids is 4. The first-order chi connectivity index (χ1) is 8.84. The van der Waals surface area contributed by atoms with Gasteiger partial charge in [0.05, 0.1) is 0 Å². The Labute approximate surface area is 220 Å². The van der Waals surface area contributed by atoms with E-state index in [4.69, 9.17) is 51.1 Å². The maximum Gasteiger partial charge on any atom is 2.00 e. The molecular weight excluding hydrogens is 394 g/mol. The SMILES string of the molecule is CC(=O)[O-].CC(=O)[O-].CC(=O)[O-].CC(=O)[O-].NCCN.O.O.[Ca+2].[Na+].[Na+]. The Morgan fingerprint density at radius 1 is 0.600 bits per heavy atom. The van der Waals surface area contributed by atoms with Gasteiger partial charge in [-0.25, -0.2) is 0 Å². The van der Waals surface area contributed by atoms with E-state index in [1.54, 1.807) is 0 Å². The molecule has 138 valence electrons. The molecule has 0 spiro atoms. The summed E-state index contributed by atoms with van der Waals surface area (Å²) in [5.74, 6) is -4.33. The smallest absolute Gasteiger partial charge is 0.550 e. The summed E-state index contributed by atoms with van der Waals surface area (Å²) in [6, 6.07) is 0. The zero-order valence-electron chi connectivity index (χ0n) is 15.5. The van der Waals surface area contributed by atoms with Gasteiger partial charge in [-0.1, -0.05) is 0 Å². The molecule has 0 fully saturated rings. The number of carbonyl (C=O) groups is 4. The Kier molecular flexibility index (Phi) is 163. The Balaban J connectivity index is -0.0000000134. The molecule has 0 amide bonds. The van der Waals surface area contributed by atoms with Crippen molar-refractivity contribution in [2.45, 2.75) is 27.7 Å². The third-order valence-electron chi connectivity index (χ3n) is 0.167. The number of hydrogen-bond acceptors (Lipinski definition) is 10. The van der Waals surface area contributed by atoms with Crippen LogP contribution < -0.4 is 91.0 Å². The number of nitrogens with two attached hydrogens (primary N) is 2. The van der Waals surface area contributed by atoms with E-state index in [1.165, 1.54) is 0 Å². The zero-order valence-corrected chi connectivity index (χ0v) is 21.8. The summed E-state index contributed by atoms with van der Waals surface area (Å²) in [5, 5.41) is 35.6. The first kappa shape index (κ1) is 63.5. The van der Waals surface area contributed by atoms with Gasteiger partial charge in [-0.05, 0) is 27.7 Å². The van der Waals surface area contributed by atoms with Crippen molar-refractivity contribution in [3.8, 4) is 0 Å². The summed E-state index contributed by atoms with van der Waals surface area (Å²) in [5.41, 5.74) is 9.81. The van der Waals surface area contributed by atoms with Gasteiger partial charge in [-0.2, -0.15) is 0 Å². The average Bonchev–Trinajstić information content (AvgIpc) is 2.13. The van der Waals surface area contributed by atoms with Crippen LogP contribution in [0.1, 0.15) is 27.7 Å². The summed E-state index contributed by atoms with van der Waals surface area (Å²) in [6.07, 6.45) is 0. The van der Waals surface area contributed by atoms with E-state index in [2.05, 4.69) is 0 Å². The molecule has 25 heavy (non-hydrogen) atoms. The van der Waals surface area contributed by atoms with Crippen LogP contribution in [-0.4, -0.2) is 85.7 Å². The minimum atomic E-state index is -1.08. The van der Waals surface area contributed by atoms with Gasteiger partial charge in [-0.15, -0.1) is 0 Å². The number of rotatable bonds is 1. The second kappa shape index (κ2) is 64.0. The molecule has 12 nitrogen and oxygen atoms in total. The zero-order chi connectivity index (χ0) is 17.7. The summed E-state index contributed by atoms with van der Waals surface area (Å²) in [4.78, 5) is 35.6. The summed E-state index contributed by atoms with van der Waals surface area (Å²) in [6.45, 7) is 5.08. The van der Waals surface area contributed by atoms with Crippen molar-refractivity contribution in [1.82, 2.24) is 0 Å². The average molecular weight is 418 g/mol. The standard InChI is InChI=1S/C2H8N2.4C2H4O2.Ca.2Na.2H2O/c3-1-2-4;4*1-2(3)4;;;;;/h1-4H2;4*1H3,(H,3,4);;;;2*1H2/q;;;;;+2;2*+1;;/p-4. The number of aliphatic carboxylic acids is 4. The van der Waals surface area contributed by atoms with Crippen molar-refractivity contribution in [2.24, 2.45) is 11.5 Å². The Hall–Kier alpha value is 0.980. The molecule has 0 radical (unpaired) electrons. The van der Waals surface area contributed by atoms with Gasteiger partial charge in [0.2, 0.25) is 0 Å². The molecule has 0 aliphatic carbocycles. The van der Waals surface area contributed by atoms with Gasteiger partial charge >= 0.3 is 96.9 Å². The monoisotopic (exact) mass is 418 g/mol. The third kappa shape index (κ3) is 3370. The van der Waals surface area contributed by atoms with Crippen LogP contribution in [0.15, 0.2) is 0 Å². The van der Waals surface area contributed by atoms with Gasteiger partial charge < -0.3 is 62.0 Å². The van der Waals surface area contributed by atoms with Crippen LogP contribution in [0.2, 0.25) is 0 Å². The molecule has 8 N–H and O–H groups in total. The largest absolute Gasteiger partial charge is 2.00 e. The fourth-order valence-corrected chi connectivity index (χ4v) is 0. The molecule has 0 saturated heterocycles. The molecule has 0 aromatic rings. The first-order valence-electron chi connectivity index (χ1n) is 4.95. The third-order valence-corrected chi connectivity index (χ3v) is 0.167. The first-order valence-corrected chi connectivity index (χ1v) is 4.95. The van der Waals surface area contributed by atoms with E-state index in [0.29, 0.717) is 13.1 Å². The maximum atomic E-state index is 8.89. The van der Waals surface area contributed by atoms with Crippen molar-refractivity contribution in [1.29, 1.82) is 0 Å². The second-order valence-electron chi connectivity index (χ2n) is 2.54. The van der Waals surface area contributed by atoms with Crippen molar-refractivity contribution < 1.29 is 110 Å². The maximum absolute atomic E-state index is 8.89. The Morgan fingerprint density at radius 3 is 0.640 bits per heavy atom. The molecule has 0 atom stereocenters. The van der Waals surface area contributed by atoms with E-state index in [1.807, 2.05) is 0 Å². The minimum Gasteiger partial charge on any atom is -0.550 e. The molecule has 0 unspecified atom stereocenters. The molecule has 0 saturated carbocycles. The molecule has 0 aromatic carbocycles. The van der Waals surface area contributed by atoms with Gasteiger partial charge in [0.25, 0.3) is 0 Å². The van der Waals surface area contributed by atoms with Crippen molar-refractivity contribution >= 4 is 61.6 Å². The van der Waals surface area contributed by atoms with Crippen molar-refractivity contribution in [3.05, 3.63) is 0 Å². The molecule has 0 aromatic heterocycles. The number of carboxylic acid groups (broad SMARTS) is 4. The van der Waals surface area contributed by atoms with Crippen LogP contribution in [0.25, 0.3) is 0 Å². The van der Waals surface area contributed by atoms with Crippen LogP contribution >= 0.6 is 0 Å². The Bertz CT molecular complexity index is 208. The number of hydrogen-bond donors (Lipinski definition) is 2. The van der Waals surface area contributed by atoms with E-state index < -0.39 is 23.9 Å². The molecule has 0 aliphatic rings. The van der Waals surface area contributed by atoms with Crippen molar-refractivity contribution in [3.63, 3.8) is 0 Å². The summed E-state index contributed by atoms with van der Waals surface area (Å²) < 4.78 is 0. The van der Waals surface area contributed by atoms with Crippen LogP contribution in [0.5, 0.6) is 0 Å². The van der Waals surface area contributed by atoms with Gasteiger partial charge in [0, 0.05) is 37.0 Å². The van der Waals surface area contributed by atoms with Crippen LogP contribution in [0, 0.1) is 0 Å². The molecule has 0 rings (SSSR count). The van der Waals surface area contributed by atoms with E-state index in [0.717, 1.165) is 27.7 Å². The minimum absolute atomic E-state index is 0. The fraction of sp³-hybridized carbons (Fsp3) is 0.600. The number of carboxylic acids is 4. The quantitative estimate of drug-likeness (QED) is 0.379. The van der Waals surface area contributed by atoms with Gasteiger partial charge in [0.1, 0.15) is 0 Å². The van der Waals surface area contributed by atoms with E-state index in [9.17, 15) is 0 Å². The summed E-state index contributed by atoms with van der Waals surface area (Å²) in [7, 11) is 0. The normalized spacial score (nSPS) is 5.20. The predicted molar refractivity (Wildman–Crippen MR) is 73.8 cm³/mol. The van der Waals surface area contributed by atoms with Gasteiger partial charge in [-0.3, -0.25) is 0 Å². The van der Waals surface area contributed by atoms with E-state index in [-0.39, 0.29) is 108 Å². The van der Waals surface area contributed by atoms with Gasteiger partial charge in [0.15, 0.2) is 0 Å². The Morgan fingerprint density at radius 2 is 0.640 bits per heavy atom. The van der Waals surface area contributed by atoms with E-state index >= 15 is 0 Å². The molecular formula is C10H24CaN2Na2O10. The fourth-order valence-electron chi connectivity index (χ4n) is 0. The predicted octanol–water partition coefficient (Wildman–Crippen LogP) is -14.1. The molecule has 0 aliphatic heterocycles. The molecule has 15 heteroatoms. The van der Waals surface area contributed by atoms with Crippen LogP contribution in [0.3, 0.4) is 0 Å². The van der Waals surface area contributed by atoms with Crippen LogP contribution in [0.4, 0.5) is 0 Å². The topological polar surface area (TPSA) is 276 Å². The molecule has 0 bridgehead atoms. The second-order valence-corrected chi connectivity index (χ2v) is 2.54. The van der Waals surface area contributed by atoms with Crippen molar-refractivity contribution in [2.75, 3.05) is 13.1 Å². The van der Waals surface area contributed by atoms with Crippen LogP contribution in [-0.2, 0) is 19.2 Å². The summed E-state index contributed by atoms with van der Waals surface area (Å²) >= 11 is 0. The molecule has 0 heterocycles.